The number of nitrogen functional groups attached to an aromatic ring is 1. The second-order valence-corrected chi connectivity index (χ2v) is 3.90. The number of hydrogen-bond donors (Lipinski definition) is 3. The summed E-state index contributed by atoms with van der Waals surface area (Å²) in [5, 5.41) is 16.2. The van der Waals surface area contributed by atoms with Gasteiger partial charge in [-0.05, 0) is 12.1 Å². The maximum Gasteiger partial charge on any atom is 0.337 e. The van der Waals surface area contributed by atoms with Gasteiger partial charge in [0.05, 0.1) is 24.0 Å². The van der Waals surface area contributed by atoms with Crippen LogP contribution in [0.25, 0.3) is 0 Å². The lowest BCUT2D eigenvalue weighted by atomic mass is 10.1. The largest absolute Gasteiger partial charge is 0.481 e. The number of aromatic carboxylic acids is 1. The Kier molecular flexibility index (Phi) is 3.28. The quantitative estimate of drug-likeness (QED) is 0.721. The number of carboxylic acids is 1. The number of nitrogens with zero attached hydrogens (tertiary/aromatic N) is 2. The molecule has 0 aliphatic carbocycles. The lowest BCUT2D eigenvalue weighted by Crippen LogP contribution is -2.06. The van der Waals surface area contributed by atoms with E-state index in [1.807, 2.05) is 0 Å². The Morgan fingerprint density at radius 3 is 2.84 bits per heavy atom. The fourth-order valence-corrected chi connectivity index (χ4v) is 1.72. The van der Waals surface area contributed by atoms with Crippen molar-refractivity contribution in [2.75, 3.05) is 18.2 Å². The number of rotatable bonds is 4. The molecule has 0 spiro atoms. The van der Waals surface area contributed by atoms with Crippen LogP contribution in [0.3, 0.4) is 0 Å². The number of aromatic nitrogens is 2. The second kappa shape index (κ2) is 4.89. The zero-order chi connectivity index (χ0) is 14.0. The van der Waals surface area contributed by atoms with E-state index in [9.17, 15) is 4.79 Å². The summed E-state index contributed by atoms with van der Waals surface area (Å²) >= 11 is 0. The molecule has 0 bridgehead atoms. The normalized spacial score (nSPS) is 10.2. The minimum absolute atomic E-state index is 0.0876. The predicted molar refractivity (Wildman–Crippen MR) is 70.9 cm³/mol. The molecule has 0 aliphatic rings. The van der Waals surface area contributed by atoms with E-state index in [1.165, 1.54) is 17.9 Å². The van der Waals surface area contributed by atoms with Gasteiger partial charge in [0.15, 0.2) is 5.82 Å². The summed E-state index contributed by atoms with van der Waals surface area (Å²) in [7, 11) is 3.25. The van der Waals surface area contributed by atoms with Gasteiger partial charge in [-0.15, -0.1) is 0 Å². The van der Waals surface area contributed by atoms with Crippen LogP contribution in [0.15, 0.2) is 24.3 Å². The van der Waals surface area contributed by atoms with Crippen LogP contribution in [0.1, 0.15) is 10.4 Å². The molecule has 7 heteroatoms. The lowest BCUT2D eigenvalue weighted by Gasteiger charge is -2.09. The highest BCUT2D eigenvalue weighted by Crippen LogP contribution is 2.28. The lowest BCUT2D eigenvalue weighted by molar-refractivity contribution is 0.0698. The monoisotopic (exact) mass is 262 g/mol. The van der Waals surface area contributed by atoms with E-state index in [0.29, 0.717) is 23.1 Å². The molecule has 0 unspecified atom stereocenters. The third-order valence-electron chi connectivity index (χ3n) is 2.63. The van der Waals surface area contributed by atoms with Crippen LogP contribution in [0.4, 0.5) is 17.2 Å². The molecule has 19 heavy (non-hydrogen) atoms. The number of benzene rings is 1. The summed E-state index contributed by atoms with van der Waals surface area (Å²) in [6.07, 6.45) is 0. The molecular weight excluding hydrogens is 248 g/mol. The van der Waals surface area contributed by atoms with Crippen molar-refractivity contribution < 1.29 is 14.6 Å². The van der Waals surface area contributed by atoms with Crippen LogP contribution in [0, 0.1) is 0 Å². The Hall–Kier alpha value is -2.70. The molecule has 1 aromatic carbocycles. The molecule has 100 valence electrons. The first-order valence-corrected chi connectivity index (χ1v) is 5.49. The van der Waals surface area contributed by atoms with Crippen LogP contribution < -0.4 is 15.8 Å². The highest BCUT2D eigenvalue weighted by atomic mass is 16.5. The highest BCUT2D eigenvalue weighted by Gasteiger charge is 2.14. The Balaban J connectivity index is 2.39. The maximum absolute atomic E-state index is 11.1. The zero-order valence-electron chi connectivity index (χ0n) is 10.5. The molecular formula is C12H14N4O3. The van der Waals surface area contributed by atoms with E-state index in [2.05, 4.69) is 10.4 Å². The van der Waals surface area contributed by atoms with Crippen molar-refractivity contribution in [3.8, 4) is 5.88 Å². The molecule has 0 saturated heterocycles. The van der Waals surface area contributed by atoms with E-state index in [0.717, 1.165) is 0 Å². The maximum atomic E-state index is 11.1. The van der Waals surface area contributed by atoms with Crippen molar-refractivity contribution in [2.24, 2.45) is 7.05 Å². The molecule has 4 N–H and O–H groups in total. The van der Waals surface area contributed by atoms with Gasteiger partial charge in [0.25, 0.3) is 0 Å². The number of nitrogens with one attached hydrogen (secondary N) is 1. The standard InChI is InChI=1S/C12H14N4O3/c1-16-10(19-2)6-9(15-16)14-11-7(12(17)18)4-3-5-8(11)13/h3-6H,13H2,1-2H3,(H,14,15)(H,17,18). The van der Waals surface area contributed by atoms with Gasteiger partial charge in [0.2, 0.25) is 5.88 Å². The van der Waals surface area contributed by atoms with Crippen molar-refractivity contribution in [3.63, 3.8) is 0 Å². The first-order chi connectivity index (χ1) is 9.02. The molecule has 0 amide bonds. The van der Waals surface area contributed by atoms with Gasteiger partial charge in [0.1, 0.15) is 0 Å². The number of nitrogens with two attached hydrogens (primary N) is 1. The fraction of sp³-hybridized carbons (Fsp3) is 0.167. The first kappa shape index (κ1) is 12.7. The number of methoxy groups -OCH3 is 1. The summed E-state index contributed by atoms with van der Waals surface area (Å²) in [6, 6.07) is 6.33. The summed E-state index contributed by atoms with van der Waals surface area (Å²) in [4.78, 5) is 11.1. The number of hydrogen-bond acceptors (Lipinski definition) is 5. The zero-order valence-corrected chi connectivity index (χ0v) is 10.5. The van der Waals surface area contributed by atoms with Gasteiger partial charge in [-0.25, -0.2) is 9.48 Å². The molecule has 2 rings (SSSR count). The number of aryl methyl sites for hydroxylation is 1. The van der Waals surface area contributed by atoms with E-state index >= 15 is 0 Å². The average Bonchev–Trinajstić information content (AvgIpc) is 2.71. The van der Waals surface area contributed by atoms with Crippen LogP contribution in [-0.2, 0) is 7.05 Å². The van der Waals surface area contributed by atoms with Crippen molar-refractivity contribution in [1.82, 2.24) is 9.78 Å². The van der Waals surface area contributed by atoms with Crippen molar-refractivity contribution in [3.05, 3.63) is 29.8 Å². The Labute approximate surface area is 109 Å². The van der Waals surface area contributed by atoms with Crippen LogP contribution in [0.2, 0.25) is 0 Å². The molecule has 0 atom stereocenters. The third kappa shape index (κ3) is 2.44. The summed E-state index contributed by atoms with van der Waals surface area (Å²) < 4.78 is 6.61. The van der Waals surface area contributed by atoms with Crippen molar-refractivity contribution >= 4 is 23.2 Å². The Morgan fingerprint density at radius 2 is 2.26 bits per heavy atom. The Morgan fingerprint density at radius 1 is 1.53 bits per heavy atom. The van der Waals surface area contributed by atoms with Gasteiger partial charge in [-0.1, -0.05) is 6.07 Å². The minimum atomic E-state index is -1.06. The topological polar surface area (TPSA) is 102 Å². The smallest absolute Gasteiger partial charge is 0.337 e. The van der Waals surface area contributed by atoms with Gasteiger partial charge in [-0.3, -0.25) is 0 Å². The molecule has 1 heterocycles. The Bertz CT molecular complexity index is 621. The van der Waals surface area contributed by atoms with Crippen LogP contribution in [0.5, 0.6) is 5.88 Å². The van der Waals surface area contributed by atoms with Crippen LogP contribution in [-0.4, -0.2) is 28.0 Å². The molecule has 7 nitrogen and oxygen atoms in total. The molecule has 2 aromatic rings. The van der Waals surface area contributed by atoms with Crippen molar-refractivity contribution in [1.29, 1.82) is 0 Å². The van der Waals surface area contributed by atoms with E-state index < -0.39 is 5.97 Å². The average molecular weight is 262 g/mol. The van der Waals surface area contributed by atoms with E-state index in [-0.39, 0.29) is 5.56 Å². The van der Waals surface area contributed by atoms with Gasteiger partial charge < -0.3 is 20.9 Å². The van der Waals surface area contributed by atoms with Crippen molar-refractivity contribution in [2.45, 2.75) is 0 Å². The second-order valence-electron chi connectivity index (χ2n) is 3.90. The highest BCUT2D eigenvalue weighted by molar-refractivity contribution is 5.98. The number of carbonyl (C=O) groups is 1. The number of anilines is 3. The molecule has 0 fully saturated rings. The van der Waals surface area contributed by atoms with Crippen LogP contribution >= 0.6 is 0 Å². The third-order valence-corrected chi connectivity index (χ3v) is 2.63. The van der Waals surface area contributed by atoms with Gasteiger partial charge >= 0.3 is 5.97 Å². The van der Waals surface area contributed by atoms with E-state index in [4.69, 9.17) is 15.6 Å². The molecule has 0 aliphatic heterocycles. The summed E-state index contributed by atoms with van der Waals surface area (Å²) in [5.74, 6) is -0.0497. The molecule has 0 saturated carbocycles. The summed E-state index contributed by atoms with van der Waals surface area (Å²) in [5.41, 5.74) is 6.53. The van der Waals surface area contributed by atoms with E-state index in [1.54, 1.807) is 25.2 Å². The van der Waals surface area contributed by atoms with Gasteiger partial charge in [-0.2, -0.15) is 5.10 Å². The number of para-hydroxylation sites is 1. The first-order valence-electron chi connectivity index (χ1n) is 5.49. The van der Waals surface area contributed by atoms with Gasteiger partial charge in [0, 0.05) is 13.1 Å². The fourth-order valence-electron chi connectivity index (χ4n) is 1.72. The number of carboxylic acid groups (broad SMARTS) is 1. The molecule has 0 radical (unpaired) electrons. The number of ether oxygens (including phenoxy) is 1. The SMILES string of the molecule is COc1cc(Nc2c(N)cccc2C(=O)O)nn1C. The predicted octanol–water partition coefficient (Wildman–Crippen LogP) is 1.45. The molecule has 1 aromatic heterocycles. The summed E-state index contributed by atoms with van der Waals surface area (Å²) in [6.45, 7) is 0. The minimum Gasteiger partial charge on any atom is -0.481 e.